The molecular weight excluding hydrogens is 180 g/mol. The van der Waals surface area contributed by atoms with Crippen LogP contribution in [0.25, 0.3) is 0 Å². The van der Waals surface area contributed by atoms with Gasteiger partial charge >= 0.3 is 0 Å². The monoisotopic (exact) mass is 198 g/mol. The Morgan fingerprint density at radius 2 is 2.15 bits per heavy atom. The van der Waals surface area contributed by atoms with E-state index in [1.807, 2.05) is 6.20 Å². The molecule has 0 fully saturated rings. The number of aryl methyl sites for hydroxylation is 1. The summed E-state index contributed by atoms with van der Waals surface area (Å²) in [4.78, 5) is 5.66. The Hall–Kier alpha value is -0.570. The molecule has 0 saturated heterocycles. The average Bonchev–Trinajstić information content (AvgIpc) is 2.52. The fourth-order valence-corrected chi connectivity index (χ4v) is 1.75. The molecule has 0 aliphatic rings. The Balaban J connectivity index is 2.53. The Labute approximate surface area is 84.4 Å². The summed E-state index contributed by atoms with van der Waals surface area (Å²) < 4.78 is 0. The highest BCUT2D eigenvalue weighted by Gasteiger charge is 2.08. The molecule has 2 nitrogen and oxygen atoms in total. The molecule has 0 radical (unpaired) electrons. The summed E-state index contributed by atoms with van der Waals surface area (Å²) in [7, 11) is 0. The van der Waals surface area contributed by atoms with Gasteiger partial charge in [0, 0.05) is 17.1 Å². The van der Waals surface area contributed by atoms with E-state index in [-0.39, 0.29) is 0 Å². The molecule has 1 aromatic rings. The molecule has 1 N–H and O–H groups in total. The van der Waals surface area contributed by atoms with Crippen molar-refractivity contribution in [3.63, 3.8) is 0 Å². The van der Waals surface area contributed by atoms with Crippen molar-refractivity contribution in [2.75, 3.05) is 5.32 Å². The van der Waals surface area contributed by atoms with Crippen LogP contribution in [0.4, 0.5) is 5.13 Å². The lowest BCUT2D eigenvalue weighted by atomic mass is 10.1. The van der Waals surface area contributed by atoms with Crippen LogP contribution in [0.2, 0.25) is 0 Å². The summed E-state index contributed by atoms with van der Waals surface area (Å²) in [6.07, 6.45) is 3.04. The molecule has 13 heavy (non-hydrogen) atoms. The molecule has 1 atom stereocenters. The van der Waals surface area contributed by atoms with Crippen molar-refractivity contribution in [2.24, 2.45) is 5.92 Å². The van der Waals surface area contributed by atoms with Crippen LogP contribution in [-0.4, -0.2) is 11.0 Å². The second kappa shape index (κ2) is 4.61. The van der Waals surface area contributed by atoms with Gasteiger partial charge in [0.15, 0.2) is 5.13 Å². The fourth-order valence-electron chi connectivity index (χ4n) is 0.899. The van der Waals surface area contributed by atoms with E-state index in [4.69, 9.17) is 0 Å². The van der Waals surface area contributed by atoms with Crippen molar-refractivity contribution in [2.45, 2.75) is 40.2 Å². The van der Waals surface area contributed by atoms with E-state index < -0.39 is 0 Å². The van der Waals surface area contributed by atoms with Crippen molar-refractivity contribution < 1.29 is 0 Å². The second-order valence-electron chi connectivity index (χ2n) is 3.66. The minimum absolute atomic E-state index is 0.496. The molecule has 1 unspecified atom stereocenters. The van der Waals surface area contributed by atoms with Crippen LogP contribution in [-0.2, 0) is 6.42 Å². The number of rotatable bonds is 4. The maximum atomic E-state index is 4.32. The number of nitrogens with one attached hydrogen (secondary N) is 1. The van der Waals surface area contributed by atoms with Gasteiger partial charge in [0.25, 0.3) is 0 Å². The molecule has 1 heterocycles. The van der Waals surface area contributed by atoms with E-state index in [0.717, 1.165) is 11.6 Å². The lowest BCUT2D eigenvalue weighted by Gasteiger charge is -2.16. The van der Waals surface area contributed by atoms with Crippen molar-refractivity contribution in [3.8, 4) is 0 Å². The molecule has 0 aromatic carbocycles. The van der Waals surface area contributed by atoms with Crippen molar-refractivity contribution in [1.82, 2.24) is 4.98 Å². The molecule has 0 amide bonds. The van der Waals surface area contributed by atoms with Gasteiger partial charge in [-0.3, -0.25) is 0 Å². The van der Waals surface area contributed by atoms with Gasteiger partial charge in [0.05, 0.1) is 0 Å². The summed E-state index contributed by atoms with van der Waals surface area (Å²) in [6, 6.07) is 0.496. The SMILES string of the molecule is CCc1cnc(NC(C)C(C)C)s1. The first-order valence-electron chi connectivity index (χ1n) is 4.84. The smallest absolute Gasteiger partial charge is 0.183 e. The Bertz CT molecular complexity index is 255. The van der Waals surface area contributed by atoms with Crippen LogP contribution in [0.3, 0.4) is 0 Å². The highest BCUT2D eigenvalue weighted by molar-refractivity contribution is 7.15. The number of anilines is 1. The molecule has 0 spiro atoms. The van der Waals surface area contributed by atoms with Gasteiger partial charge in [0.2, 0.25) is 0 Å². The number of nitrogens with zero attached hydrogens (tertiary/aromatic N) is 1. The average molecular weight is 198 g/mol. The Kier molecular flexibility index (Phi) is 3.72. The van der Waals surface area contributed by atoms with Gasteiger partial charge < -0.3 is 5.32 Å². The van der Waals surface area contributed by atoms with Gasteiger partial charge in [-0.05, 0) is 19.3 Å². The summed E-state index contributed by atoms with van der Waals surface area (Å²) in [5.41, 5.74) is 0. The molecule has 3 heteroatoms. The summed E-state index contributed by atoms with van der Waals surface area (Å²) in [5.74, 6) is 0.647. The third-order valence-electron chi connectivity index (χ3n) is 2.25. The lowest BCUT2D eigenvalue weighted by molar-refractivity contribution is 0.559. The van der Waals surface area contributed by atoms with Gasteiger partial charge in [-0.1, -0.05) is 20.8 Å². The van der Waals surface area contributed by atoms with E-state index in [2.05, 4.69) is 38.0 Å². The van der Waals surface area contributed by atoms with Crippen LogP contribution < -0.4 is 5.32 Å². The van der Waals surface area contributed by atoms with Crippen LogP contribution in [0.15, 0.2) is 6.20 Å². The Morgan fingerprint density at radius 1 is 1.46 bits per heavy atom. The standard InChI is InChI=1S/C10H18N2S/c1-5-9-6-11-10(13-9)12-8(4)7(2)3/h6-8H,5H2,1-4H3,(H,11,12). The van der Waals surface area contributed by atoms with Crippen molar-refractivity contribution >= 4 is 16.5 Å². The minimum atomic E-state index is 0.496. The zero-order chi connectivity index (χ0) is 9.84. The Morgan fingerprint density at radius 3 is 2.62 bits per heavy atom. The maximum Gasteiger partial charge on any atom is 0.183 e. The quantitative estimate of drug-likeness (QED) is 0.804. The fraction of sp³-hybridized carbons (Fsp3) is 0.700. The van der Waals surface area contributed by atoms with E-state index in [1.165, 1.54) is 4.88 Å². The van der Waals surface area contributed by atoms with Crippen LogP contribution >= 0.6 is 11.3 Å². The topological polar surface area (TPSA) is 24.9 Å². The van der Waals surface area contributed by atoms with Gasteiger partial charge in [-0.25, -0.2) is 4.98 Å². The zero-order valence-electron chi connectivity index (χ0n) is 8.79. The van der Waals surface area contributed by atoms with Crippen LogP contribution in [0, 0.1) is 5.92 Å². The highest BCUT2D eigenvalue weighted by atomic mass is 32.1. The summed E-state index contributed by atoms with van der Waals surface area (Å²) in [6.45, 7) is 8.78. The lowest BCUT2D eigenvalue weighted by Crippen LogP contribution is -2.21. The number of hydrogen-bond donors (Lipinski definition) is 1. The molecule has 0 aliphatic heterocycles. The zero-order valence-corrected chi connectivity index (χ0v) is 9.61. The molecule has 0 aliphatic carbocycles. The maximum absolute atomic E-state index is 4.32. The number of thiazole rings is 1. The largest absolute Gasteiger partial charge is 0.359 e. The molecule has 0 bridgehead atoms. The molecule has 1 rings (SSSR count). The summed E-state index contributed by atoms with van der Waals surface area (Å²) >= 11 is 1.76. The van der Waals surface area contributed by atoms with E-state index in [0.29, 0.717) is 12.0 Å². The van der Waals surface area contributed by atoms with E-state index in [1.54, 1.807) is 11.3 Å². The van der Waals surface area contributed by atoms with Crippen LogP contribution in [0.1, 0.15) is 32.6 Å². The first kappa shape index (κ1) is 10.5. The predicted octanol–water partition coefficient (Wildman–Crippen LogP) is 3.16. The van der Waals surface area contributed by atoms with Gasteiger partial charge in [-0.2, -0.15) is 0 Å². The van der Waals surface area contributed by atoms with E-state index in [9.17, 15) is 0 Å². The highest BCUT2D eigenvalue weighted by Crippen LogP contribution is 2.20. The van der Waals surface area contributed by atoms with Crippen molar-refractivity contribution in [3.05, 3.63) is 11.1 Å². The van der Waals surface area contributed by atoms with Crippen LogP contribution in [0.5, 0.6) is 0 Å². The predicted molar refractivity (Wildman–Crippen MR) is 59.4 cm³/mol. The number of hydrogen-bond acceptors (Lipinski definition) is 3. The molecule has 1 aromatic heterocycles. The van der Waals surface area contributed by atoms with E-state index >= 15 is 0 Å². The first-order valence-corrected chi connectivity index (χ1v) is 5.66. The molecule has 0 saturated carbocycles. The summed E-state index contributed by atoms with van der Waals surface area (Å²) in [5, 5.41) is 4.46. The van der Waals surface area contributed by atoms with Crippen molar-refractivity contribution in [1.29, 1.82) is 0 Å². The van der Waals surface area contributed by atoms with Gasteiger partial charge in [0.1, 0.15) is 0 Å². The van der Waals surface area contributed by atoms with Gasteiger partial charge in [-0.15, -0.1) is 11.3 Å². The minimum Gasteiger partial charge on any atom is -0.359 e. The third-order valence-corrected chi connectivity index (χ3v) is 3.33. The normalized spacial score (nSPS) is 13.3. The third kappa shape index (κ3) is 2.99. The molecular formula is C10H18N2S. The molecule has 74 valence electrons. The second-order valence-corrected chi connectivity index (χ2v) is 4.78. The first-order chi connectivity index (χ1) is 6.13. The number of aromatic nitrogens is 1.